The van der Waals surface area contributed by atoms with Crippen molar-refractivity contribution in [2.45, 2.75) is 104 Å². The molecule has 0 saturated carbocycles. The van der Waals surface area contributed by atoms with E-state index in [1.807, 2.05) is 22.7 Å². The second-order valence-electron chi connectivity index (χ2n) is 23.9. The number of nitrogens with one attached hydrogen (secondary N) is 1. The Kier molecular flexibility index (Phi) is 8.61. The first-order chi connectivity index (χ1) is 33.4. The maximum atomic E-state index is 6.65. The zero-order valence-corrected chi connectivity index (χ0v) is 43.4. The Balaban J connectivity index is 1.14. The third-order valence-corrected chi connectivity index (χ3v) is 18.7. The number of hydrogen-bond acceptors (Lipinski definition) is 4. The van der Waals surface area contributed by atoms with Gasteiger partial charge in [-0.15, -0.1) is 22.7 Å². The van der Waals surface area contributed by atoms with Crippen LogP contribution in [0.15, 0.2) is 132 Å². The summed E-state index contributed by atoms with van der Waals surface area (Å²) in [6, 6.07) is 48.8. The highest BCUT2D eigenvalue weighted by Gasteiger charge is 2.38. The highest BCUT2D eigenvalue weighted by atomic mass is 32.1. The van der Waals surface area contributed by atoms with Crippen molar-refractivity contribution in [1.82, 2.24) is 4.57 Å². The Hall–Kier alpha value is -6.34. The molecule has 343 valence electrons. The van der Waals surface area contributed by atoms with E-state index in [1.54, 1.807) is 0 Å². The molecule has 0 unspecified atom stereocenters. The SMILES string of the molecule is CC(C)(C)c1ccc(Nc2cc3c(cc2-c2c4c5c(c6cc(C(C)(C)C)ccc6n5-c5cc6c(cc5[B]4)oc4ccccc46)c4c2sc2ccccc24)sc2cc4c(cc23)C(C)(C)CCC4(C)C)cc1. The molecule has 0 bridgehead atoms. The maximum absolute atomic E-state index is 6.65. The molecular formula is C64H56BN2OS2. The average molecular weight is 944 g/mol. The van der Waals surface area contributed by atoms with Crippen molar-refractivity contribution in [3.8, 4) is 16.8 Å². The van der Waals surface area contributed by atoms with Crippen molar-refractivity contribution in [2.24, 2.45) is 0 Å². The van der Waals surface area contributed by atoms with Gasteiger partial charge in [-0.05, 0) is 141 Å². The van der Waals surface area contributed by atoms with Crippen LogP contribution in [0.5, 0.6) is 0 Å². The van der Waals surface area contributed by atoms with Gasteiger partial charge >= 0.3 is 0 Å². The predicted molar refractivity (Wildman–Crippen MR) is 307 cm³/mol. The van der Waals surface area contributed by atoms with Gasteiger partial charge in [0.2, 0.25) is 0 Å². The van der Waals surface area contributed by atoms with Crippen LogP contribution in [-0.2, 0) is 21.7 Å². The summed E-state index contributed by atoms with van der Waals surface area (Å²) in [7, 11) is 2.49. The lowest BCUT2D eigenvalue weighted by molar-refractivity contribution is 0.332. The Morgan fingerprint density at radius 2 is 1.24 bits per heavy atom. The zero-order chi connectivity index (χ0) is 48.0. The Bertz CT molecular complexity index is 4250. The smallest absolute Gasteiger partial charge is 0.198 e. The maximum Gasteiger partial charge on any atom is 0.198 e. The normalized spacial score (nSPS) is 15.5. The highest BCUT2D eigenvalue weighted by molar-refractivity contribution is 7.27. The topological polar surface area (TPSA) is 30.1 Å². The summed E-state index contributed by atoms with van der Waals surface area (Å²) in [5.41, 5.74) is 18.5. The second-order valence-corrected chi connectivity index (χ2v) is 26.0. The van der Waals surface area contributed by atoms with Crippen molar-refractivity contribution in [1.29, 1.82) is 0 Å². The van der Waals surface area contributed by atoms with Gasteiger partial charge in [0.05, 0.1) is 5.52 Å². The summed E-state index contributed by atoms with van der Waals surface area (Å²) in [5.74, 6) is 0. The highest BCUT2D eigenvalue weighted by Crippen LogP contribution is 2.53. The second kappa shape index (κ2) is 14.2. The lowest BCUT2D eigenvalue weighted by Crippen LogP contribution is -2.37. The van der Waals surface area contributed by atoms with E-state index < -0.39 is 0 Å². The van der Waals surface area contributed by atoms with Crippen LogP contribution < -0.4 is 16.2 Å². The third kappa shape index (κ3) is 6.05. The molecule has 1 aliphatic carbocycles. The van der Waals surface area contributed by atoms with Crippen LogP contribution in [-0.4, -0.2) is 11.8 Å². The first kappa shape index (κ1) is 42.5. The minimum absolute atomic E-state index is 0.0244. The largest absolute Gasteiger partial charge is 0.456 e. The number of fused-ring (bicyclic) bond motifs is 16. The van der Waals surface area contributed by atoms with Gasteiger partial charge in [-0.3, -0.25) is 0 Å². The molecule has 0 amide bonds. The van der Waals surface area contributed by atoms with Crippen LogP contribution in [0.25, 0.3) is 101 Å². The van der Waals surface area contributed by atoms with Crippen molar-refractivity contribution in [3.63, 3.8) is 0 Å². The number of benzene rings is 8. The molecule has 0 spiro atoms. The molecule has 2 aliphatic rings. The summed E-state index contributed by atoms with van der Waals surface area (Å²) in [6.07, 6.45) is 2.38. The average Bonchev–Trinajstić information content (AvgIpc) is 4.08. The minimum Gasteiger partial charge on any atom is -0.456 e. The zero-order valence-electron chi connectivity index (χ0n) is 41.8. The number of anilines is 2. The molecule has 6 heteroatoms. The van der Waals surface area contributed by atoms with Crippen LogP contribution in [0.4, 0.5) is 11.4 Å². The van der Waals surface area contributed by atoms with Gasteiger partial charge < -0.3 is 14.3 Å². The molecule has 1 N–H and O–H groups in total. The Morgan fingerprint density at radius 1 is 0.571 bits per heavy atom. The van der Waals surface area contributed by atoms with Gasteiger partial charge in [-0.1, -0.05) is 129 Å². The van der Waals surface area contributed by atoms with Crippen LogP contribution >= 0.6 is 22.7 Å². The fraction of sp³-hybridized carbons (Fsp3) is 0.250. The molecule has 0 saturated heterocycles. The quantitative estimate of drug-likeness (QED) is 0.179. The first-order valence-electron chi connectivity index (χ1n) is 25.1. The summed E-state index contributed by atoms with van der Waals surface area (Å²) < 4.78 is 14.5. The third-order valence-electron chi connectivity index (χ3n) is 16.4. The van der Waals surface area contributed by atoms with Gasteiger partial charge in [0.15, 0.2) is 7.28 Å². The lowest BCUT2D eigenvalue weighted by atomic mass is 9.58. The van der Waals surface area contributed by atoms with Gasteiger partial charge in [-0.25, -0.2) is 0 Å². The molecule has 5 heterocycles. The monoisotopic (exact) mass is 943 g/mol. The van der Waals surface area contributed by atoms with Crippen molar-refractivity contribution < 1.29 is 4.42 Å². The van der Waals surface area contributed by atoms with E-state index >= 15 is 0 Å². The molecule has 1 aliphatic heterocycles. The summed E-state index contributed by atoms with van der Waals surface area (Å²) in [4.78, 5) is 0. The lowest BCUT2D eigenvalue weighted by Gasteiger charge is -2.41. The Labute approximate surface area is 418 Å². The number of para-hydroxylation sites is 1. The van der Waals surface area contributed by atoms with E-state index in [9.17, 15) is 0 Å². The summed E-state index contributed by atoms with van der Waals surface area (Å²) in [6.45, 7) is 23.7. The van der Waals surface area contributed by atoms with E-state index in [0.717, 1.165) is 38.8 Å². The number of thiophene rings is 2. The number of aromatic nitrogens is 1. The van der Waals surface area contributed by atoms with E-state index in [2.05, 4.69) is 214 Å². The van der Waals surface area contributed by atoms with Gasteiger partial charge in [0.1, 0.15) is 11.2 Å². The van der Waals surface area contributed by atoms with Crippen LogP contribution in [0, 0.1) is 0 Å². The van der Waals surface area contributed by atoms with Crippen LogP contribution in [0.1, 0.15) is 104 Å². The molecule has 3 nitrogen and oxygen atoms in total. The van der Waals surface area contributed by atoms with Crippen LogP contribution in [0.3, 0.4) is 0 Å². The standard InChI is InChI=1S/C64H56BN2OS2/c1-61(2,3)34-19-22-36(23-20-34)66-47-29-41-40-28-44-45(64(9,10)26-25-63(44,7)8)32-54(40)69-53(41)31-42(47)57-58-59-55(56-38-16-12-14-18-52(38)70-60(56)57)43-27-35(62(4,5)6)21-24-48(43)67(59)49-30-39-37-15-11-13-17-50(37)68-51(39)33-46(49)65-58/h11-24,27-33,66H,25-26H2,1-10H3. The molecule has 8 aromatic carbocycles. The fourth-order valence-electron chi connectivity index (χ4n) is 12.3. The summed E-state index contributed by atoms with van der Waals surface area (Å²) in [5, 5.41) is 14.3. The number of nitrogens with zero attached hydrogens (tertiary/aromatic N) is 1. The minimum atomic E-state index is -0.0244. The molecule has 14 rings (SSSR count). The Morgan fingerprint density at radius 3 is 2.00 bits per heavy atom. The van der Waals surface area contributed by atoms with Crippen molar-refractivity contribution >= 4 is 136 Å². The number of hydrogen-bond donors (Lipinski definition) is 1. The van der Waals surface area contributed by atoms with Gasteiger partial charge in [0, 0.05) is 90.0 Å². The fourth-order valence-corrected chi connectivity index (χ4v) is 14.7. The molecule has 70 heavy (non-hydrogen) atoms. The van der Waals surface area contributed by atoms with Crippen LogP contribution in [0.2, 0.25) is 0 Å². The van der Waals surface area contributed by atoms with E-state index in [1.165, 1.54) is 120 Å². The predicted octanol–water partition coefficient (Wildman–Crippen LogP) is 17.7. The van der Waals surface area contributed by atoms with Crippen molar-refractivity contribution in [3.05, 3.63) is 150 Å². The number of rotatable bonds is 3. The van der Waals surface area contributed by atoms with Crippen molar-refractivity contribution in [2.75, 3.05) is 5.32 Å². The molecule has 0 atom stereocenters. The van der Waals surface area contributed by atoms with Gasteiger partial charge in [0.25, 0.3) is 0 Å². The van der Waals surface area contributed by atoms with E-state index in [-0.39, 0.29) is 21.7 Å². The molecule has 4 aromatic heterocycles. The molecule has 0 fully saturated rings. The first-order valence-corrected chi connectivity index (χ1v) is 26.7. The number of furan rings is 1. The molecular weight excluding hydrogens is 888 g/mol. The van der Waals surface area contributed by atoms with E-state index in [0.29, 0.717) is 0 Å². The van der Waals surface area contributed by atoms with Gasteiger partial charge in [-0.2, -0.15) is 0 Å². The summed E-state index contributed by atoms with van der Waals surface area (Å²) >= 11 is 3.90. The molecule has 12 aromatic rings. The molecule has 1 radical (unpaired) electrons. The van der Waals surface area contributed by atoms with E-state index in [4.69, 9.17) is 4.42 Å².